The van der Waals surface area contributed by atoms with Gasteiger partial charge in [0.2, 0.25) is 0 Å². The lowest BCUT2D eigenvalue weighted by molar-refractivity contribution is 0.0526. The van der Waals surface area contributed by atoms with E-state index in [0.29, 0.717) is 10.9 Å². The third-order valence-electron chi connectivity index (χ3n) is 2.06. The van der Waals surface area contributed by atoms with Gasteiger partial charge in [0.1, 0.15) is 11.4 Å². The number of hydrogen-bond acceptors (Lipinski definition) is 8. The second-order valence-electron chi connectivity index (χ2n) is 3.59. The molecule has 0 amide bonds. The number of rotatable bonds is 7. The van der Waals surface area contributed by atoms with Gasteiger partial charge in [0.05, 0.1) is 19.3 Å². The van der Waals surface area contributed by atoms with Crippen LogP contribution in [0.1, 0.15) is 17.3 Å². The molecule has 19 heavy (non-hydrogen) atoms. The van der Waals surface area contributed by atoms with Crippen LogP contribution in [0, 0.1) is 0 Å². The van der Waals surface area contributed by atoms with Crippen molar-refractivity contribution in [3.63, 3.8) is 0 Å². The summed E-state index contributed by atoms with van der Waals surface area (Å²) in [6.45, 7) is 2.21. The predicted octanol–water partition coefficient (Wildman–Crippen LogP) is 0.335. The Kier molecular flexibility index (Phi) is 6.54. The molecule has 8 heteroatoms. The van der Waals surface area contributed by atoms with E-state index in [0.717, 1.165) is 0 Å². The van der Waals surface area contributed by atoms with E-state index < -0.39 is 12.1 Å². The number of carbonyl (C=O) groups excluding carboxylic acids is 1. The average Bonchev–Trinajstić information content (AvgIpc) is 2.37. The first-order chi connectivity index (χ1) is 9.08. The number of nitrogen functional groups attached to an aromatic ring is 1. The lowest BCUT2D eigenvalue weighted by atomic mass is 10.3. The topological polar surface area (TPSA) is 108 Å². The maximum Gasteiger partial charge on any atom is 0.343 e. The Labute approximate surface area is 115 Å². The molecule has 1 aromatic heterocycles. The maximum atomic E-state index is 11.5. The summed E-state index contributed by atoms with van der Waals surface area (Å²) in [5, 5.41) is 9.88. The van der Waals surface area contributed by atoms with Gasteiger partial charge in [-0.15, -0.1) is 0 Å². The van der Waals surface area contributed by atoms with Gasteiger partial charge in [-0.1, -0.05) is 11.8 Å². The van der Waals surface area contributed by atoms with Crippen molar-refractivity contribution in [2.24, 2.45) is 0 Å². The number of aliphatic hydroxyl groups is 1. The normalized spacial score (nSPS) is 12.2. The molecular weight excluding hydrogens is 270 g/mol. The fraction of sp³-hybridized carbons (Fsp3) is 0.545. The van der Waals surface area contributed by atoms with Crippen LogP contribution in [0.5, 0.6) is 0 Å². The van der Waals surface area contributed by atoms with Crippen LogP contribution in [0.25, 0.3) is 0 Å². The van der Waals surface area contributed by atoms with E-state index in [9.17, 15) is 9.90 Å². The molecule has 0 aliphatic carbocycles. The second-order valence-corrected chi connectivity index (χ2v) is 4.58. The molecular formula is C11H17N3O4S. The zero-order chi connectivity index (χ0) is 14.3. The molecule has 0 saturated heterocycles. The van der Waals surface area contributed by atoms with Crippen LogP contribution in [0.15, 0.2) is 11.4 Å². The number of hydrogen-bond donors (Lipinski definition) is 2. The summed E-state index contributed by atoms with van der Waals surface area (Å²) in [5.74, 6) is -0.0976. The Balaban J connectivity index is 2.64. The number of aliphatic hydroxyl groups excluding tert-OH is 1. The Morgan fingerprint density at radius 2 is 2.37 bits per heavy atom. The molecule has 1 rings (SSSR count). The van der Waals surface area contributed by atoms with Gasteiger partial charge in [0, 0.05) is 19.1 Å². The van der Waals surface area contributed by atoms with Gasteiger partial charge in [0.15, 0.2) is 5.16 Å². The first-order valence-electron chi connectivity index (χ1n) is 5.67. The zero-order valence-electron chi connectivity index (χ0n) is 10.8. The van der Waals surface area contributed by atoms with E-state index in [2.05, 4.69) is 9.97 Å². The van der Waals surface area contributed by atoms with Crippen LogP contribution in [-0.2, 0) is 9.47 Å². The molecule has 0 saturated carbocycles. The fourth-order valence-electron chi connectivity index (χ4n) is 1.22. The van der Waals surface area contributed by atoms with E-state index in [1.54, 1.807) is 6.92 Å². The third kappa shape index (κ3) is 5.01. The summed E-state index contributed by atoms with van der Waals surface area (Å²) in [6, 6.07) is 0. The van der Waals surface area contributed by atoms with Gasteiger partial charge in [-0.3, -0.25) is 0 Å². The molecule has 0 fully saturated rings. The summed E-state index contributed by atoms with van der Waals surface area (Å²) in [6.07, 6.45) is 0.718. The molecule has 0 aliphatic heterocycles. The molecule has 1 heterocycles. The number of anilines is 1. The molecule has 0 aliphatic rings. The van der Waals surface area contributed by atoms with Gasteiger partial charge in [-0.05, 0) is 6.92 Å². The van der Waals surface area contributed by atoms with E-state index >= 15 is 0 Å². The lowest BCUT2D eigenvalue weighted by Gasteiger charge is -2.09. The van der Waals surface area contributed by atoms with Crippen molar-refractivity contribution in [2.45, 2.75) is 18.2 Å². The van der Waals surface area contributed by atoms with Crippen molar-refractivity contribution in [1.29, 1.82) is 0 Å². The quantitative estimate of drug-likeness (QED) is 0.420. The molecule has 0 radical (unpaired) electrons. The highest BCUT2D eigenvalue weighted by Crippen LogP contribution is 2.17. The van der Waals surface area contributed by atoms with Crippen LogP contribution < -0.4 is 5.73 Å². The minimum Gasteiger partial charge on any atom is -0.462 e. The van der Waals surface area contributed by atoms with E-state index in [4.69, 9.17) is 15.2 Å². The SMILES string of the molecule is CCOC(=O)c1cnc(SCC(O)COC)nc1N. The minimum absolute atomic E-state index is 0.0668. The van der Waals surface area contributed by atoms with Gasteiger partial charge in [-0.2, -0.15) is 0 Å². The molecule has 106 valence electrons. The summed E-state index contributed by atoms with van der Waals surface area (Å²) in [7, 11) is 1.51. The zero-order valence-corrected chi connectivity index (χ0v) is 11.6. The Morgan fingerprint density at radius 1 is 1.63 bits per heavy atom. The van der Waals surface area contributed by atoms with Gasteiger partial charge in [0.25, 0.3) is 0 Å². The number of esters is 1. The molecule has 1 aromatic rings. The largest absolute Gasteiger partial charge is 0.462 e. The standard InChI is InChI=1S/C11H17N3O4S/c1-3-18-10(16)8-4-13-11(14-9(8)12)19-6-7(15)5-17-2/h4,7,15H,3,5-6H2,1-2H3,(H2,12,13,14). The van der Waals surface area contributed by atoms with Crippen LogP contribution in [0.3, 0.4) is 0 Å². The number of aromatic nitrogens is 2. The fourth-order valence-corrected chi connectivity index (χ4v) is 1.95. The van der Waals surface area contributed by atoms with Crippen molar-refractivity contribution in [2.75, 3.05) is 31.8 Å². The first kappa shape index (κ1) is 15.7. The molecule has 0 spiro atoms. The van der Waals surface area contributed by atoms with Crippen molar-refractivity contribution >= 4 is 23.5 Å². The van der Waals surface area contributed by atoms with E-state index in [-0.39, 0.29) is 24.6 Å². The van der Waals surface area contributed by atoms with Crippen LogP contribution in [-0.4, -0.2) is 53.2 Å². The van der Waals surface area contributed by atoms with Crippen molar-refractivity contribution in [3.05, 3.63) is 11.8 Å². The van der Waals surface area contributed by atoms with E-state index in [1.807, 2.05) is 0 Å². The third-order valence-corrected chi connectivity index (χ3v) is 3.06. The summed E-state index contributed by atoms with van der Waals surface area (Å²) in [5.41, 5.74) is 5.81. The first-order valence-corrected chi connectivity index (χ1v) is 6.66. The Bertz CT molecular complexity index is 430. The summed E-state index contributed by atoms with van der Waals surface area (Å²) in [4.78, 5) is 19.5. The maximum absolute atomic E-state index is 11.5. The van der Waals surface area contributed by atoms with Crippen LogP contribution >= 0.6 is 11.8 Å². The van der Waals surface area contributed by atoms with Crippen LogP contribution in [0.2, 0.25) is 0 Å². The number of nitrogens with two attached hydrogens (primary N) is 1. The summed E-state index contributed by atoms with van der Waals surface area (Å²) >= 11 is 1.23. The van der Waals surface area contributed by atoms with Gasteiger partial charge in [-0.25, -0.2) is 14.8 Å². The van der Waals surface area contributed by atoms with E-state index in [1.165, 1.54) is 25.1 Å². The highest BCUT2D eigenvalue weighted by molar-refractivity contribution is 7.99. The second kappa shape index (κ2) is 7.93. The average molecular weight is 287 g/mol. The highest BCUT2D eigenvalue weighted by atomic mass is 32.2. The molecule has 3 N–H and O–H groups in total. The predicted molar refractivity (Wildman–Crippen MR) is 71.0 cm³/mol. The van der Waals surface area contributed by atoms with Gasteiger partial charge < -0.3 is 20.3 Å². The number of carbonyl (C=O) groups is 1. The number of nitrogens with zero attached hydrogens (tertiary/aromatic N) is 2. The molecule has 0 bridgehead atoms. The lowest BCUT2D eigenvalue weighted by Crippen LogP contribution is -2.17. The van der Waals surface area contributed by atoms with Crippen LogP contribution in [0.4, 0.5) is 5.82 Å². The minimum atomic E-state index is -0.607. The smallest absolute Gasteiger partial charge is 0.343 e. The molecule has 7 nitrogen and oxygen atoms in total. The molecule has 1 atom stereocenters. The van der Waals surface area contributed by atoms with Crippen molar-refractivity contribution < 1.29 is 19.4 Å². The monoisotopic (exact) mass is 287 g/mol. The number of methoxy groups -OCH3 is 1. The van der Waals surface area contributed by atoms with Crippen molar-refractivity contribution in [1.82, 2.24) is 9.97 Å². The molecule has 1 unspecified atom stereocenters. The highest BCUT2D eigenvalue weighted by Gasteiger charge is 2.14. The molecule has 0 aromatic carbocycles. The Morgan fingerprint density at radius 3 is 2.95 bits per heavy atom. The number of thioether (sulfide) groups is 1. The number of ether oxygens (including phenoxy) is 2. The van der Waals surface area contributed by atoms with Gasteiger partial charge >= 0.3 is 5.97 Å². The Hall–Kier alpha value is -1.38. The summed E-state index contributed by atoms with van der Waals surface area (Å²) < 4.78 is 9.62. The van der Waals surface area contributed by atoms with Crippen molar-refractivity contribution in [3.8, 4) is 0 Å².